The zero-order valence-electron chi connectivity index (χ0n) is 45.0. The third kappa shape index (κ3) is 7.49. The van der Waals surface area contributed by atoms with Gasteiger partial charge in [-0.3, -0.25) is 0 Å². The molecule has 3 heterocycles. The van der Waals surface area contributed by atoms with Crippen LogP contribution >= 0.6 is 0 Å². The number of hydrogen-bond acceptors (Lipinski definition) is 4. The van der Waals surface area contributed by atoms with E-state index in [0.717, 1.165) is 38.8 Å². The van der Waals surface area contributed by atoms with Crippen LogP contribution < -0.4 is 14.5 Å². The van der Waals surface area contributed by atoms with Crippen molar-refractivity contribution in [3.05, 3.63) is 200 Å². The number of hydrogen-bond donors (Lipinski definition) is 0. The summed E-state index contributed by atoms with van der Waals surface area (Å²) in [5, 5.41) is 2.03. The standard InChI is InChI=1S/C56H47N4O.Pt/c1-55(2,3)40-30-31-57-53(34-40)60-49-25-14-13-22-47(49)48-29-28-43(36-52(48)60)61-44-33-41(56(4,5)6)32-42(35-44)58-37-59(51-27-16-15-26-50(51)58)54-45(38-18-9-7-10-19-38)23-17-24-46(54)39-20-11-8-12-21-39;/h7-34,37H,1-6H3;/q-3;/i7D,8D,9D,10D,11D,12D,18D,19D,20D,21D;. The summed E-state index contributed by atoms with van der Waals surface area (Å²) in [6, 6.07) is 34.5. The Hall–Kier alpha value is -6.42. The van der Waals surface area contributed by atoms with E-state index in [1.807, 2.05) is 77.8 Å². The maximum Gasteiger partial charge on any atom is 0.135 e. The summed E-state index contributed by atoms with van der Waals surface area (Å²) in [6.45, 7) is 14.6. The van der Waals surface area contributed by atoms with Crippen molar-refractivity contribution in [1.82, 2.24) is 9.55 Å². The molecule has 6 heteroatoms. The predicted octanol–water partition coefficient (Wildman–Crippen LogP) is 14.9. The van der Waals surface area contributed by atoms with Crippen LogP contribution in [0.3, 0.4) is 0 Å². The minimum atomic E-state index is -0.563. The van der Waals surface area contributed by atoms with Crippen LogP contribution in [0, 0.1) is 18.8 Å². The van der Waals surface area contributed by atoms with Gasteiger partial charge in [0.15, 0.2) is 0 Å². The van der Waals surface area contributed by atoms with Crippen LogP contribution in [0.15, 0.2) is 170 Å². The summed E-state index contributed by atoms with van der Waals surface area (Å²) in [5.74, 6) is 1.61. The molecule has 0 aliphatic carbocycles. The molecule has 0 N–H and O–H groups in total. The van der Waals surface area contributed by atoms with Crippen LogP contribution in [0.5, 0.6) is 11.5 Å². The molecular formula is C56H47N4OPt-3. The van der Waals surface area contributed by atoms with E-state index in [2.05, 4.69) is 76.4 Å². The number of para-hydroxylation sites is 4. The van der Waals surface area contributed by atoms with E-state index in [-0.39, 0.29) is 59.8 Å². The summed E-state index contributed by atoms with van der Waals surface area (Å²) in [7, 11) is 0. The molecule has 0 atom stereocenters. The van der Waals surface area contributed by atoms with Crippen molar-refractivity contribution in [2.75, 3.05) is 9.80 Å². The van der Waals surface area contributed by atoms with Crippen LogP contribution in [0.2, 0.25) is 0 Å². The predicted molar refractivity (Wildman–Crippen MR) is 252 cm³/mol. The Morgan fingerprint density at radius 2 is 1.23 bits per heavy atom. The second kappa shape index (κ2) is 16.1. The maximum absolute atomic E-state index is 9.08. The number of aromatic nitrogens is 2. The topological polar surface area (TPSA) is 33.5 Å². The van der Waals surface area contributed by atoms with Crippen molar-refractivity contribution in [1.29, 1.82) is 0 Å². The van der Waals surface area contributed by atoms with E-state index in [9.17, 15) is 0 Å². The largest absolute Gasteiger partial charge is 0.509 e. The summed E-state index contributed by atoms with van der Waals surface area (Å²) in [6.07, 6.45) is 1.84. The zero-order chi connectivity index (χ0) is 50.6. The monoisotopic (exact) mass is 996 g/mol. The number of fused-ring (bicyclic) bond motifs is 4. The first-order valence-corrected chi connectivity index (χ1v) is 20.1. The Morgan fingerprint density at radius 3 is 1.89 bits per heavy atom. The molecule has 1 aliphatic heterocycles. The molecule has 0 saturated heterocycles. The average molecular weight is 997 g/mol. The van der Waals surface area contributed by atoms with E-state index in [0.29, 0.717) is 28.6 Å². The molecule has 0 radical (unpaired) electrons. The number of benzene rings is 7. The van der Waals surface area contributed by atoms with Gasteiger partial charge in [0.05, 0.1) is 13.7 Å². The van der Waals surface area contributed by atoms with Crippen molar-refractivity contribution >= 4 is 44.6 Å². The smallest absolute Gasteiger partial charge is 0.135 e. The van der Waals surface area contributed by atoms with Gasteiger partial charge in [-0.05, 0) is 63.2 Å². The summed E-state index contributed by atoms with van der Waals surface area (Å²) in [4.78, 5) is 8.50. The molecule has 7 aromatic carbocycles. The van der Waals surface area contributed by atoms with Gasteiger partial charge < -0.3 is 19.1 Å². The van der Waals surface area contributed by atoms with Crippen molar-refractivity contribution in [2.45, 2.75) is 52.4 Å². The fraction of sp³-hybridized carbons (Fsp3) is 0.143. The van der Waals surface area contributed by atoms with Crippen LogP contribution in [-0.2, 0) is 31.9 Å². The Morgan fingerprint density at radius 1 is 0.597 bits per heavy atom. The van der Waals surface area contributed by atoms with E-state index < -0.39 is 60.4 Å². The summed E-state index contributed by atoms with van der Waals surface area (Å²) in [5.41, 5.74) is 5.53. The van der Waals surface area contributed by atoms with Gasteiger partial charge in [-0.1, -0.05) is 156 Å². The number of pyridine rings is 1. The molecule has 5 nitrogen and oxygen atoms in total. The van der Waals surface area contributed by atoms with Gasteiger partial charge in [-0.2, -0.15) is 6.07 Å². The maximum atomic E-state index is 9.08. The van der Waals surface area contributed by atoms with Gasteiger partial charge in [0, 0.05) is 72.5 Å². The molecule has 0 saturated carbocycles. The first-order valence-electron chi connectivity index (χ1n) is 25.1. The molecular weight excluding hydrogens is 940 g/mol. The third-order valence-corrected chi connectivity index (χ3v) is 11.0. The van der Waals surface area contributed by atoms with Crippen molar-refractivity contribution in [3.8, 4) is 39.6 Å². The van der Waals surface area contributed by atoms with Crippen LogP contribution in [0.25, 0.3) is 49.9 Å². The molecule has 0 unspecified atom stereocenters. The first kappa shape index (κ1) is 30.6. The molecule has 62 heavy (non-hydrogen) atoms. The van der Waals surface area contributed by atoms with Crippen LogP contribution in [-0.4, -0.2) is 9.55 Å². The molecule has 10 rings (SSSR count). The zero-order valence-corrected chi connectivity index (χ0v) is 37.3. The van der Waals surface area contributed by atoms with E-state index in [1.165, 1.54) is 0 Å². The normalized spacial score (nSPS) is 15.0. The molecule has 2 aromatic heterocycles. The minimum Gasteiger partial charge on any atom is -0.509 e. The Balaban J connectivity index is 0.00000640. The van der Waals surface area contributed by atoms with Crippen LogP contribution in [0.1, 0.15) is 66.4 Å². The molecule has 9 aromatic rings. The van der Waals surface area contributed by atoms with Gasteiger partial charge in [0.1, 0.15) is 5.82 Å². The van der Waals surface area contributed by atoms with Crippen molar-refractivity contribution < 1.29 is 39.5 Å². The summed E-state index contributed by atoms with van der Waals surface area (Å²) >= 11 is 0. The third-order valence-electron chi connectivity index (χ3n) is 11.0. The first-order chi connectivity index (χ1) is 33.6. The Bertz CT molecular complexity index is 3530. The van der Waals surface area contributed by atoms with Crippen molar-refractivity contribution in [2.24, 2.45) is 0 Å². The molecule has 0 fully saturated rings. The molecule has 1 aliphatic rings. The fourth-order valence-electron chi connectivity index (χ4n) is 7.90. The second-order valence-electron chi connectivity index (χ2n) is 17.1. The van der Waals surface area contributed by atoms with Gasteiger partial charge in [-0.15, -0.1) is 53.6 Å². The van der Waals surface area contributed by atoms with Crippen molar-refractivity contribution in [3.63, 3.8) is 0 Å². The van der Waals surface area contributed by atoms with Gasteiger partial charge in [0.2, 0.25) is 0 Å². The fourth-order valence-corrected chi connectivity index (χ4v) is 7.90. The molecule has 310 valence electrons. The Kier molecular flexibility index (Phi) is 7.95. The SMILES string of the molecule is [2H]c1c([2H])c([2H])c(-c2cccc(-c3c([2H])c([2H])c([2H])c([2H])c3[2H])c2N2[CH-]N(c3[c-]c(Oc4[c-]c5c(cc4)c4ccccc4n5-c4cc(C(C)(C)C)ccn4)cc(C(C)(C)C)c3)c3ccccc32)c([2H])c1[2H].[Pt]. The number of rotatable bonds is 7. The van der Waals surface area contributed by atoms with Crippen LogP contribution in [0.4, 0.5) is 22.7 Å². The van der Waals surface area contributed by atoms with E-state index >= 15 is 0 Å². The Labute approximate surface area is 393 Å². The number of nitrogens with zero attached hydrogens (tertiary/aromatic N) is 4. The average Bonchev–Trinajstić information content (AvgIpc) is 3.89. The number of anilines is 4. The van der Waals surface area contributed by atoms with Gasteiger partial charge >= 0.3 is 0 Å². The quantitative estimate of drug-likeness (QED) is 0.149. The van der Waals surface area contributed by atoms with Gasteiger partial charge in [-0.25, -0.2) is 4.98 Å². The van der Waals surface area contributed by atoms with E-state index in [1.54, 1.807) is 29.8 Å². The minimum absolute atomic E-state index is 0. The number of ether oxygens (including phenoxy) is 1. The van der Waals surface area contributed by atoms with Gasteiger partial charge in [0.25, 0.3) is 0 Å². The second-order valence-corrected chi connectivity index (χ2v) is 17.1. The molecule has 0 bridgehead atoms. The summed E-state index contributed by atoms with van der Waals surface area (Å²) < 4.78 is 96.4. The molecule has 0 spiro atoms. The van der Waals surface area contributed by atoms with E-state index in [4.69, 9.17) is 23.4 Å². The molecule has 0 amide bonds.